The molecule has 2 aliphatic heterocycles. The summed E-state index contributed by atoms with van der Waals surface area (Å²) in [4.78, 5) is 2.41. The highest BCUT2D eigenvalue weighted by atomic mass is 15.4. The third-order valence-electron chi connectivity index (χ3n) is 3.94. The van der Waals surface area contributed by atoms with E-state index in [1.165, 1.54) is 0 Å². The Labute approximate surface area is 108 Å². The summed E-state index contributed by atoms with van der Waals surface area (Å²) in [5.41, 5.74) is 0. The molecule has 2 aliphatic rings. The van der Waals surface area contributed by atoms with Gasteiger partial charge in [-0.1, -0.05) is 0 Å². The van der Waals surface area contributed by atoms with Gasteiger partial charge in [-0.05, 0) is 7.05 Å². The number of piperazine rings is 1. The van der Waals surface area contributed by atoms with Crippen LogP contribution in [0.25, 0.3) is 0 Å². The zero-order valence-electron chi connectivity index (χ0n) is 10.9. The van der Waals surface area contributed by atoms with Crippen molar-refractivity contribution < 1.29 is 0 Å². The van der Waals surface area contributed by atoms with E-state index in [1.807, 2.05) is 6.20 Å². The van der Waals surface area contributed by atoms with Crippen molar-refractivity contribution in [1.29, 1.82) is 0 Å². The fourth-order valence-corrected chi connectivity index (χ4v) is 2.50. The smallest absolute Gasteiger partial charge is 0.124 e. The highest BCUT2D eigenvalue weighted by molar-refractivity contribution is 5.35. The first-order valence-corrected chi connectivity index (χ1v) is 6.73. The monoisotopic (exact) mass is 250 g/mol. The molecule has 0 bridgehead atoms. The summed E-state index contributed by atoms with van der Waals surface area (Å²) in [7, 11) is 2.19. The second kappa shape index (κ2) is 5.26. The van der Waals surface area contributed by atoms with E-state index in [0.29, 0.717) is 12.1 Å². The molecule has 2 fully saturated rings. The predicted molar refractivity (Wildman–Crippen MR) is 71.9 cm³/mol. The molecule has 0 aromatic carbocycles. The SMILES string of the molecule is CN1CCNCC1CNc1ccnn1C1CNC1. The Balaban J connectivity index is 1.57. The van der Waals surface area contributed by atoms with Crippen LogP contribution >= 0.6 is 0 Å². The van der Waals surface area contributed by atoms with Crippen molar-refractivity contribution in [3.05, 3.63) is 12.3 Å². The van der Waals surface area contributed by atoms with Gasteiger partial charge in [-0.3, -0.25) is 4.90 Å². The maximum absolute atomic E-state index is 4.41. The molecule has 2 saturated heterocycles. The van der Waals surface area contributed by atoms with Crippen molar-refractivity contribution in [2.75, 3.05) is 51.6 Å². The molecule has 100 valence electrons. The Bertz CT molecular complexity index is 386. The van der Waals surface area contributed by atoms with Gasteiger partial charge in [0.2, 0.25) is 0 Å². The van der Waals surface area contributed by atoms with Gasteiger partial charge in [0.25, 0.3) is 0 Å². The van der Waals surface area contributed by atoms with Gasteiger partial charge in [-0.15, -0.1) is 0 Å². The van der Waals surface area contributed by atoms with Gasteiger partial charge in [0, 0.05) is 51.4 Å². The fourth-order valence-electron chi connectivity index (χ4n) is 2.50. The van der Waals surface area contributed by atoms with Crippen LogP contribution in [-0.4, -0.2) is 67.0 Å². The number of rotatable bonds is 4. The Morgan fingerprint density at radius 1 is 1.39 bits per heavy atom. The largest absolute Gasteiger partial charge is 0.369 e. The Kier molecular flexibility index (Phi) is 3.49. The Morgan fingerprint density at radius 2 is 2.28 bits per heavy atom. The maximum Gasteiger partial charge on any atom is 0.124 e. The van der Waals surface area contributed by atoms with Gasteiger partial charge in [-0.2, -0.15) is 5.10 Å². The van der Waals surface area contributed by atoms with Gasteiger partial charge in [0.05, 0.1) is 12.2 Å². The van der Waals surface area contributed by atoms with E-state index < -0.39 is 0 Å². The molecule has 1 aromatic rings. The summed E-state index contributed by atoms with van der Waals surface area (Å²) in [6.07, 6.45) is 1.88. The lowest BCUT2D eigenvalue weighted by atomic mass is 10.2. The number of hydrogen-bond donors (Lipinski definition) is 3. The third kappa shape index (κ3) is 2.36. The molecule has 3 rings (SSSR count). The highest BCUT2D eigenvalue weighted by Crippen LogP contribution is 2.17. The number of hydrogen-bond acceptors (Lipinski definition) is 5. The molecule has 0 amide bonds. The molecule has 0 radical (unpaired) electrons. The maximum atomic E-state index is 4.41. The lowest BCUT2D eigenvalue weighted by molar-refractivity contribution is 0.208. The number of nitrogens with one attached hydrogen (secondary N) is 3. The van der Waals surface area contributed by atoms with Gasteiger partial charge < -0.3 is 16.0 Å². The first-order valence-electron chi connectivity index (χ1n) is 6.73. The summed E-state index contributed by atoms with van der Waals surface area (Å²) in [5.74, 6) is 1.14. The normalized spacial score (nSPS) is 25.9. The van der Waals surface area contributed by atoms with E-state index in [-0.39, 0.29) is 0 Å². The van der Waals surface area contributed by atoms with Crippen molar-refractivity contribution in [1.82, 2.24) is 25.3 Å². The molecular formula is C12H22N6. The average molecular weight is 250 g/mol. The average Bonchev–Trinajstić information content (AvgIpc) is 2.74. The van der Waals surface area contributed by atoms with Crippen LogP contribution in [0.5, 0.6) is 0 Å². The number of anilines is 1. The van der Waals surface area contributed by atoms with Crippen molar-refractivity contribution >= 4 is 5.82 Å². The van der Waals surface area contributed by atoms with Crippen LogP contribution in [0.1, 0.15) is 6.04 Å². The first kappa shape index (κ1) is 12.0. The van der Waals surface area contributed by atoms with Crippen molar-refractivity contribution in [2.45, 2.75) is 12.1 Å². The summed E-state index contributed by atoms with van der Waals surface area (Å²) in [6.45, 7) is 6.30. The molecule has 3 heterocycles. The third-order valence-corrected chi connectivity index (χ3v) is 3.94. The van der Waals surface area contributed by atoms with Crippen LogP contribution in [0, 0.1) is 0 Å². The van der Waals surface area contributed by atoms with Crippen LogP contribution in [0.3, 0.4) is 0 Å². The molecule has 3 N–H and O–H groups in total. The molecule has 1 atom stereocenters. The zero-order chi connectivity index (χ0) is 12.4. The minimum atomic E-state index is 0.518. The van der Waals surface area contributed by atoms with E-state index in [2.05, 4.69) is 43.7 Å². The molecule has 1 unspecified atom stereocenters. The number of likely N-dealkylation sites (N-methyl/N-ethyl adjacent to an activating group) is 1. The second-order valence-corrected chi connectivity index (χ2v) is 5.19. The summed E-state index contributed by atoms with van der Waals surface area (Å²) < 4.78 is 2.10. The van der Waals surface area contributed by atoms with Gasteiger partial charge in [-0.25, -0.2) is 4.68 Å². The Morgan fingerprint density at radius 3 is 3.00 bits per heavy atom. The second-order valence-electron chi connectivity index (χ2n) is 5.19. The van der Waals surface area contributed by atoms with E-state index in [9.17, 15) is 0 Å². The van der Waals surface area contributed by atoms with Crippen molar-refractivity contribution in [3.8, 4) is 0 Å². The summed E-state index contributed by atoms with van der Waals surface area (Å²) in [5, 5.41) is 14.7. The lowest BCUT2D eigenvalue weighted by Gasteiger charge is -2.34. The van der Waals surface area contributed by atoms with Crippen LogP contribution in [0.15, 0.2) is 12.3 Å². The van der Waals surface area contributed by atoms with Gasteiger partial charge in [0.15, 0.2) is 0 Å². The van der Waals surface area contributed by atoms with E-state index in [0.717, 1.165) is 45.1 Å². The van der Waals surface area contributed by atoms with E-state index in [4.69, 9.17) is 0 Å². The van der Waals surface area contributed by atoms with Gasteiger partial charge in [0.1, 0.15) is 5.82 Å². The number of nitrogens with zero attached hydrogens (tertiary/aromatic N) is 3. The molecule has 0 aliphatic carbocycles. The summed E-state index contributed by atoms with van der Waals surface area (Å²) >= 11 is 0. The predicted octanol–water partition coefficient (Wildman–Crippen LogP) is -0.657. The van der Waals surface area contributed by atoms with Crippen LogP contribution in [-0.2, 0) is 0 Å². The van der Waals surface area contributed by atoms with Crippen molar-refractivity contribution in [3.63, 3.8) is 0 Å². The molecule has 18 heavy (non-hydrogen) atoms. The minimum absolute atomic E-state index is 0.518. The zero-order valence-corrected chi connectivity index (χ0v) is 10.9. The van der Waals surface area contributed by atoms with Crippen LogP contribution < -0.4 is 16.0 Å². The Hall–Kier alpha value is -1.11. The molecular weight excluding hydrogens is 228 g/mol. The van der Waals surface area contributed by atoms with Crippen LogP contribution in [0.2, 0.25) is 0 Å². The summed E-state index contributed by atoms with van der Waals surface area (Å²) in [6, 6.07) is 3.14. The lowest BCUT2D eigenvalue weighted by Crippen LogP contribution is -2.52. The van der Waals surface area contributed by atoms with E-state index in [1.54, 1.807) is 0 Å². The number of aromatic nitrogens is 2. The molecule has 6 heteroatoms. The molecule has 0 spiro atoms. The molecule has 6 nitrogen and oxygen atoms in total. The van der Waals surface area contributed by atoms with E-state index >= 15 is 0 Å². The minimum Gasteiger partial charge on any atom is -0.369 e. The standard InChI is InChI=1S/C12H22N6/c1-17-5-4-13-6-10(17)9-15-12-2-3-16-18(12)11-7-14-8-11/h2-3,10-11,13-15H,4-9H2,1H3. The van der Waals surface area contributed by atoms with Crippen LogP contribution in [0.4, 0.5) is 5.82 Å². The molecule has 1 aromatic heterocycles. The van der Waals surface area contributed by atoms with Gasteiger partial charge >= 0.3 is 0 Å². The quantitative estimate of drug-likeness (QED) is 0.662. The van der Waals surface area contributed by atoms with Crippen molar-refractivity contribution in [2.24, 2.45) is 0 Å². The topological polar surface area (TPSA) is 57.1 Å². The first-order chi connectivity index (χ1) is 8.84. The fraction of sp³-hybridized carbons (Fsp3) is 0.750. The molecule has 0 saturated carbocycles. The highest BCUT2D eigenvalue weighted by Gasteiger charge is 2.23.